The van der Waals surface area contributed by atoms with Gasteiger partial charge in [0.2, 0.25) is 0 Å². The molecule has 6 nitrogen and oxygen atoms in total. The Morgan fingerprint density at radius 2 is 2.27 bits per heavy atom. The van der Waals surface area contributed by atoms with Crippen LogP contribution in [0.15, 0.2) is 33.5 Å². The fraction of sp³-hybridized carbons (Fsp3) is 0.375. The maximum atomic E-state index is 12.1. The summed E-state index contributed by atoms with van der Waals surface area (Å²) in [5.41, 5.74) is 0.0697. The fourth-order valence-corrected chi connectivity index (χ4v) is 2.47. The lowest BCUT2D eigenvalue weighted by Crippen LogP contribution is -2.32. The Morgan fingerprint density at radius 3 is 3.00 bits per heavy atom. The van der Waals surface area contributed by atoms with Gasteiger partial charge in [0.1, 0.15) is 11.3 Å². The van der Waals surface area contributed by atoms with Crippen molar-refractivity contribution in [2.75, 3.05) is 20.3 Å². The molecule has 1 aliphatic heterocycles. The van der Waals surface area contributed by atoms with Gasteiger partial charge < -0.3 is 19.2 Å². The molecule has 1 N–H and O–H groups in total. The van der Waals surface area contributed by atoms with Gasteiger partial charge in [0.15, 0.2) is 11.2 Å². The average molecular weight is 303 g/mol. The Morgan fingerprint density at radius 1 is 1.41 bits per heavy atom. The van der Waals surface area contributed by atoms with Crippen LogP contribution in [-0.2, 0) is 4.74 Å². The highest BCUT2D eigenvalue weighted by molar-refractivity contribution is 5.93. The van der Waals surface area contributed by atoms with Crippen LogP contribution in [0.3, 0.4) is 0 Å². The molecule has 1 aliphatic rings. The van der Waals surface area contributed by atoms with E-state index in [1.54, 1.807) is 18.2 Å². The molecule has 0 aliphatic carbocycles. The van der Waals surface area contributed by atoms with Crippen molar-refractivity contribution in [3.63, 3.8) is 0 Å². The predicted octanol–water partition coefficient (Wildman–Crippen LogP) is 1.71. The number of amides is 1. The number of hydrogen-bond acceptors (Lipinski definition) is 5. The SMILES string of the molecule is COc1ccc2c(=O)cc(C(=O)NCC3CCCO3)oc2c1. The molecule has 1 amide bonds. The van der Waals surface area contributed by atoms with Gasteiger partial charge in [-0.3, -0.25) is 9.59 Å². The van der Waals surface area contributed by atoms with Crippen molar-refractivity contribution in [2.24, 2.45) is 0 Å². The van der Waals surface area contributed by atoms with Gasteiger partial charge >= 0.3 is 0 Å². The lowest BCUT2D eigenvalue weighted by molar-refractivity contribution is 0.0835. The minimum absolute atomic E-state index is 0.0104. The number of hydrogen-bond donors (Lipinski definition) is 1. The number of carbonyl (C=O) groups excluding carboxylic acids is 1. The molecule has 0 bridgehead atoms. The van der Waals surface area contributed by atoms with Gasteiger partial charge in [-0.1, -0.05) is 0 Å². The highest BCUT2D eigenvalue weighted by Crippen LogP contribution is 2.19. The third-order valence-electron chi connectivity index (χ3n) is 3.67. The molecule has 22 heavy (non-hydrogen) atoms. The summed E-state index contributed by atoms with van der Waals surface area (Å²) in [5, 5.41) is 3.15. The van der Waals surface area contributed by atoms with E-state index in [4.69, 9.17) is 13.9 Å². The van der Waals surface area contributed by atoms with E-state index < -0.39 is 5.91 Å². The van der Waals surface area contributed by atoms with Gasteiger partial charge in [0.05, 0.1) is 18.6 Å². The third kappa shape index (κ3) is 2.96. The van der Waals surface area contributed by atoms with E-state index in [1.165, 1.54) is 13.2 Å². The van der Waals surface area contributed by atoms with Crippen molar-refractivity contribution < 1.29 is 18.7 Å². The molecule has 2 aromatic rings. The minimum Gasteiger partial charge on any atom is -0.497 e. The number of methoxy groups -OCH3 is 1. The highest BCUT2D eigenvalue weighted by Gasteiger charge is 2.18. The topological polar surface area (TPSA) is 77.8 Å². The van der Waals surface area contributed by atoms with E-state index in [0.717, 1.165) is 19.4 Å². The Bertz CT molecular complexity index is 746. The van der Waals surface area contributed by atoms with Crippen LogP contribution in [0.2, 0.25) is 0 Å². The molecular weight excluding hydrogens is 286 g/mol. The predicted molar refractivity (Wildman–Crippen MR) is 80.3 cm³/mol. The second-order valence-corrected chi connectivity index (χ2v) is 5.18. The fourth-order valence-electron chi connectivity index (χ4n) is 2.47. The number of carbonyl (C=O) groups is 1. The van der Waals surface area contributed by atoms with Gasteiger partial charge in [-0.05, 0) is 25.0 Å². The Hall–Kier alpha value is -2.34. The second-order valence-electron chi connectivity index (χ2n) is 5.18. The highest BCUT2D eigenvalue weighted by atomic mass is 16.5. The molecule has 1 aromatic carbocycles. The summed E-state index contributed by atoms with van der Waals surface area (Å²) in [4.78, 5) is 24.2. The number of nitrogens with one attached hydrogen (secondary N) is 1. The zero-order valence-electron chi connectivity index (χ0n) is 12.3. The van der Waals surface area contributed by atoms with Gasteiger partial charge in [0, 0.05) is 25.3 Å². The van der Waals surface area contributed by atoms with Crippen molar-refractivity contribution in [2.45, 2.75) is 18.9 Å². The quantitative estimate of drug-likeness (QED) is 0.930. The lowest BCUT2D eigenvalue weighted by atomic mass is 10.2. The van der Waals surface area contributed by atoms with Gasteiger partial charge in [-0.15, -0.1) is 0 Å². The number of rotatable bonds is 4. The van der Waals surface area contributed by atoms with E-state index >= 15 is 0 Å². The Balaban J connectivity index is 1.83. The van der Waals surface area contributed by atoms with Crippen LogP contribution < -0.4 is 15.5 Å². The van der Waals surface area contributed by atoms with Gasteiger partial charge in [0.25, 0.3) is 5.91 Å². The summed E-state index contributed by atoms with van der Waals surface area (Å²) in [5.74, 6) is 0.133. The third-order valence-corrected chi connectivity index (χ3v) is 3.67. The van der Waals surface area contributed by atoms with Crippen molar-refractivity contribution >= 4 is 16.9 Å². The van der Waals surface area contributed by atoms with E-state index in [-0.39, 0.29) is 17.3 Å². The molecule has 1 atom stereocenters. The molecular formula is C16H17NO5. The summed E-state index contributed by atoms with van der Waals surface area (Å²) in [6, 6.07) is 6.09. The molecule has 3 rings (SSSR count). The Kier molecular flexibility index (Phi) is 4.11. The second kappa shape index (κ2) is 6.19. The maximum Gasteiger partial charge on any atom is 0.287 e. The zero-order chi connectivity index (χ0) is 15.5. The van der Waals surface area contributed by atoms with Gasteiger partial charge in [-0.2, -0.15) is 0 Å². The summed E-state index contributed by atoms with van der Waals surface area (Å²) < 4.78 is 16.1. The first kappa shape index (κ1) is 14.6. The lowest BCUT2D eigenvalue weighted by Gasteiger charge is -2.10. The molecule has 1 aromatic heterocycles. The van der Waals surface area contributed by atoms with E-state index in [9.17, 15) is 9.59 Å². The summed E-state index contributed by atoms with van der Waals surface area (Å²) in [6.07, 6.45) is 1.97. The first-order valence-electron chi connectivity index (χ1n) is 7.19. The average Bonchev–Trinajstić information content (AvgIpc) is 3.05. The van der Waals surface area contributed by atoms with Gasteiger partial charge in [-0.25, -0.2) is 0 Å². The van der Waals surface area contributed by atoms with Crippen molar-refractivity contribution in [1.82, 2.24) is 5.32 Å². The van der Waals surface area contributed by atoms with E-state index in [2.05, 4.69) is 5.32 Å². The van der Waals surface area contributed by atoms with Crippen LogP contribution in [0.5, 0.6) is 5.75 Å². The van der Waals surface area contributed by atoms with Crippen LogP contribution in [-0.4, -0.2) is 32.3 Å². The molecule has 0 saturated carbocycles. The number of benzene rings is 1. The normalized spacial score (nSPS) is 17.6. The molecule has 116 valence electrons. The molecule has 1 fully saturated rings. The zero-order valence-corrected chi connectivity index (χ0v) is 12.3. The smallest absolute Gasteiger partial charge is 0.287 e. The first-order chi connectivity index (χ1) is 10.7. The summed E-state index contributed by atoms with van der Waals surface area (Å²) >= 11 is 0. The van der Waals surface area contributed by atoms with E-state index in [1.807, 2.05) is 0 Å². The van der Waals surface area contributed by atoms with Crippen molar-refractivity contribution in [1.29, 1.82) is 0 Å². The molecule has 0 radical (unpaired) electrons. The largest absolute Gasteiger partial charge is 0.497 e. The summed E-state index contributed by atoms with van der Waals surface area (Å²) in [6.45, 7) is 1.14. The Labute approximate surface area is 127 Å². The number of ether oxygens (including phenoxy) is 2. The van der Waals surface area contributed by atoms with Crippen LogP contribution >= 0.6 is 0 Å². The maximum absolute atomic E-state index is 12.1. The van der Waals surface area contributed by atoms with Crippen LogP contribution in [0, 0.1) is 0 Å². The van der Waals surface area contributed by atoms with Crippen molar-refractivity contribution in [3.8, 4) is 5.75 Å². The monoisotopic (exact) mass is 303 g/mol. The molecule has 0 spiro atoms. The summed E-state index contributed by atoms with van der Waals surface area (Å²) in [7, 11) is 1.53. The molecule has 2 heterocycles. The van der Waals surface area contributed by atoms with Crippen molar-refractivity contribution in [3.05, 3.63) is 40.2 Å². The molecule has 6 heteroatoms. The van der Waals surface area contributed by atoms with Crippen LogP contribution in [0.1, 0.15) is 23.4 Å². The first-order valence-corrected chi connectivity index (χ1v) is 7.19. The molecule has 1 unspecified atom stereocenters. The standard InChI is InChI=1S/C16H17NO5/c1-20-10-4-5-12-13(18)8-15(22-14(12)7-10)16(19)17-9-11-3-2-6-21-11/h4-5,7-8,11H,2-3,6,9H2,1H3,(H,17,19). The minimum atomic E-state index is -0.419. The number of fused-ring (bicyclic) bond motifs is 1. The van der Waals surface area contributed by atoms with E-state index in [0.29, 0.717) is 23.3 Å². The van der Waals surface area contributed by atoms with Crippen LogP contribution in [0.25, 0.3) is 11.0 Å². The van der Waals surface area contributed by atoms with Crippen LogP contribution in [0.4, 0.5) is 0 Å². The molecule has 1 saturated heterocycles.